The second-order valence-electron chi connectivity index (χ2n) is 5.83. The number of carbonyl (C=O) groups excluding carboxylic acids is 2. The van der Waals surface area contributed by atoms with Crippen LogP contribution in [0.15, 0.2) is 54.1 Å². The second-order valence-corrected chi connectivity index (χ2v) is 5.83. The molecule has 0 saturated carbocycles. The number of cyclic esters (lactones) is 2. The van der Waals surface area contributed by atoms with Crippen molar-refractivity contribution in [3.05, 3.63) is 65.5 Å². The van der Waals surface area contributed by atoms with E-state index < -0.39 is 17.7 Å². The van der Waals surface area contributed by atoms with E-state index in [1.54, 1.807) is 24.3 Å². The smallest absolute Gasteiger partial charge is 0.348 e. The van der Waals surface area contributed by atoms with Crippen LogP contribution in [-0.2, 0) is 19.1 Å². The number of halogens is 1. The molecule has 0 spiro atoms. The van der Waals surface area contributed by atoms with E-state index in [0.717, 1.165) is 0 Å². The van der Waals surface area contributed by atoms with E-state index in [-0.39, 0.29) is 11.4 Å². The van der Waals surface area contributed by atoms with Crippen molar-refractivity contribution in [1.29, 1.82) is 0 Å². The molecule has 2 aromatic carbocycles. The molecule has 0 bridgehead atoms. The molecule has 1 aliphatic rings. The van der Waals surface area contributed by atoms with Crippen molar-refractivity contribution in [2.75, 3.05) is 0 Å². The Morgan fingerprint density at radius 2 is 1.56 bits per heavy atom. The Balaban J connectivity index is 1.92. The summed E-state index contributed by atoms with van der Waals surface area (Å²) in [5.74, 6) is -2.39. The van der Waals surface area contributed by atoms with Gasteiger partial charge in [-0.2, -0.15) is 0 Å². The van der Waals surface area contributed by atoms with Crippen molar-refractivity contribution in [3.63, 3.8) is 0 Å². The van der Waals surface area contributed by atoms with Crippen LogP contribution >= 0.6 is 0 Å². The first kappa shape index (κ1) is 16.7. The Morgan fingerprint density at radius 3 is 2.20 bits per heavy atom. The Hall–Kier alpha value is -3.15. The van der Waals surface area contributed by atoms with Gasteiger partial charge in [0.2, 0.25) is 0 Å². The minimum absolute atomic E-state index is 0.227. The highest BCUT2D eigenvalue weighted by Crippen LogP contribution is 2.29. The summed E-state index contributed by atoms with van der Waals surface area (Å²) in [5, 5.41) is 0. The summed E-state index contributed by atoms with van der Waals surface area (Å²) in [5.41, 5.74) is 0.255. The third-order valence-electron chi connectivity index (χ3n) is 3.38. The fourth-order valence-electron chi connectivity index (χ4n) is 2.26. The van der Waals surface area contributed by atoms with Crippen LogP contribution in [0.2, 0.25) is 0 Å². The molecule has 0 N–H and O–H groups in total. The van der Waals surface area contributed by atoms with E-state index >= 15 is 0 Å². The van der Waals surface area contributed by atoms with Gasteiger partial charge in [0.15, 0.2) is 0 Å². The molecule has 0 atom stereocenters. The molecule has 0 radical (unpaired) electrons. The van der Waals surface area contributed by atoms with Crippen LogP contribution in [0, 0.1) is 5.82 Å². The molecule has 1 saturated heterocycles. The number of para-hydroxylation sites is 1. The van der Waals surface area contributed by atoms with Gasteiger partial charge in [0.25, 0.3) is 5.79 Å². The zero-order chi connectivity index (χ0) is 18.0. The summed E-state index contributed by atoms with van der Waals surface area (Å²) in [7, 11) is 0. The molecule has 0 amide bonds. The van der Waals surface area contributed by atoms with E-state index in [0.29, 0.717) is 17.1 Å². The van der Waals surface area contributed by atoms with Crippen LogP contribution < -0.4 is 4.74 Å². The molecule has 3 rings (SSSR count). The van der Waals surface area contributed by atoms with E-state index in [1.165, 1.54) is 44.2 Å². The van der Waals surface area contributed by atoms with Crippen LogP contribution in [0.3, 0.4) is 0 Å². The number of benzene rings is 2. The number of carbonyl (C=O) groups is 2. The van der Waals surface area contributed by atoms with Gasteiger partial charge < -0.3 is 14.2 Å². The highest BCUT2D eigenvalue weighted by atomic mass is 19.1. The quantitative estimate of drug-likeness (QED) is 0.482. The maximum atomic E-state index is 13.0. The molecule has 0 aromatic heterocycles. The number of hydrogen-bond acceptors (Lipinski definition) is 5. The van der Waals surface area contributed by atoms with Gasteiger partial charge in [-0.25, -0.2) is 14.0 Å². The standard InChI is InChI=1S/C19H15FO5/c1-19(2)24-17(21)15(18(22)25-19)11-12-5-3-4-6-16(12)23-14-9-7-13(20)8-10-14/h3-11H,1-2H3. The minimum atomic E-state index is -1.30. The lowest BCUT2D eigenvalue weighted by molar-refractivity contribution is -0.222. The van der Waals surface area contributed by atoms with Crippen LogP contribution in [-0.4, -0.2) is 17.7 Å². The van der Waals surface area contributed by atoms with Crippen LogP contribution in [0.4, 0.5) is 4.39 Å². The summed E-state index contributed by atoms with van der Waals surface area (Å²) in [4.78, 5) is 24.1. The molecule has 128 valence electrons. The van der Waals surface area contributed by atoms with E-state index in [4.69, 9.17) is 14.2 Å². The third-order valence-corrected chi connectivity index (χ3v) is 3.38. The van der Waals surface area contributed by atoms with Gasteiger partial charge in [0, 0.05) is 19.4 Å². The summed E-state index contributed by atoms with van der Waals surface area (Å²) in [6, 6.07) is 12.3. The van der Waals surface area contributed by atoms with Crippen molar-refractivity contribution in [1.82, 2.24) is 0 Å². The van der Waals surface area contributed by atoms with Crippen molar-refractivity contribution in [2.45, 2.75) is 19.6 Å². The Labute approximate surface area is 143 Å². The largest absolute Gasteiger partial charge is 0.457 e. The molecule has 0 aliphatic carbocycles. The number of esters is 2. The molecule has 6 heteroatoms. The Bertz CT molecular complexity index is 830. The molecule has 1 aliphatic heterocycles. The van der Waals surface area contributed by atoms with Gasteiger partial charge in [-0.05, 0) is 36.4 Å². The van der Waals surface area contributed by atoms with Crippen LogP contribution in [0.5, 0.6) is 11.5 Å². The van der Waals surface area contributed by atoms with Gasteiger partial charge in [-0.15, -0.1) is 0 Å². The number of rotatable bonds is 3. The first-order valence-electron chi connectivity index (χ1n) is 7.55. The Morgan fingerprint density at radius 1 is 0.960 bits per heavy atom. The van der Waals surface area contributed by atoms with Gasteiger partial charge >= 0.3 is 11.9 Å². The van der Waals surface area contributed by atoms with E-state index in [2.05, 4.69) is 0 Å². The minimum Gasteiger partial charge on any atom is -0.457 e. The summed E-state index contributed by atoms with van der Waals surface area (Å²) in [6.07, 6.45) is 1.35. The van der Waals surface area contributed by atoms with Gasteiger partial charge in [-0.1, -0.05) is 18.2 Å². The average molecular weight is 342 g/mol. The van der Waals surface area contributed by atoms with E-state index in [9.17, 15) is 14.0 Å². The van der Waals surface area contributed by atoms with Crippen molar-refractivity contribution in [3.8, 4) is 11.5 Å². The molecular weight excluding hydrogens is 327 g/mol. The molecule has 2 aromatic rings. The lowest BCUT2D eigenvalue weighted by Crippen LogP contribution is -2.41. The lowest BCUT2D eigenvalue weighted by atomic mass is 10.1. The Kier molecular flexibility index (Phi) is 4.27. The SMILES string of the molecule is CC1(C)OC(=O)C(=Cc2ccccc2Oc2ccc(F)cc2)C(=O)O1. The lowest BCUT2D eigenvalue weighted by Gasteiger charge is -2.29. The molecular formula is C19H15FO5. The maximum Gasteiger partial charge on any atom is 0.348 e. The fraction of sp³-hybridized carbons (Fsp3) is 0.158. The topological polar surface area (TPSA) is 61.8 Å². The zero-order valence-corrected chi connectivity index (χ0v) is 13.6. The number of hydrogen-bond donors (Lipinski definition) is 0. The summed E-state index contributed by atoms with van der Waals surface area (Å²) < 4.78 is 28.8. The zero-order valence-electron chi connectivity index (χ0n) is 13.6. The highest BCUT2D eigenvalue weighted by molar-refractivity contribution is 6.19. The molecule has 25 heavy (non-hydrogen) atoms. The van der Waals surface area contributed by atoms with E-state index in [1.807, 2.05) is 0 Å². The molecule has 1 heterocycles. The van der Waals surface area contributed by atoms with Gasteiger partial charge in [0.05, 0.1) is 0 Å². The third kappa shape index (κ3) is 3.85. The summed E-state index contributed by atoms with van der Waals surface area (Å²) >= 11 is 0. The average Bonchev–Trinajstić information content (AvgIpc) is 2.53. The first-order chi connectivity index (χ1) is 11.8. The predicted octanol–water partition coefficient (Wildman–Crippen LogP) is 3.84. The monoisotopic (exact) mass is 342 g/mol. The van der Waals surface area contributed by atoms with Crippen molar-refractivity contribution >= 4 is 18.0 Å². The summed E-state index contributed by atoms with van der Waals surface area (Å²) in [6.45, 7) is 2.95. The van der Waals surface area contributed by atoms with Gasteiger partial charge in [-0.3, -0.25) is 0 Å². The first-order valence-corrected chi connectivity index (χ1v) is 7.55. The fourth-order valence-corrected chi connectivity index (χ4v) is 2.26. The second kappa shape index (κ2) is 6.39. The van der Waals surface area contributed by atoms with Crippen molar-refractivity contribution in [2.24, 2.45) is 0 Å². The van der Waals surface area contributed by atoms with Crippen LogP contribution in [0.1, 0.15) is 19.4 Å². The van der Waals surface area contributed by atoms with Gasteiger partial charge in [0.1, 0.15) is 22.9 Å². The molecule has 1 fully saturated rings. The maximum absolute atomic E-state index is 13.0. The predicted molar refractivity (Wildman–Crippen MR) is 87.2 cm³/mol. The molecule has 5 nitrogen and oxygen atoms in total. The highest BCUT2D eigenvalue weighted by Gasteiger charge is 2.38. The normalized spacial score (nSPS) is 16.0. The molecule has 0 unspecified atom stereocenters. The number of ether oxygens (including phenoxy) is 3. The van der Waals surface area contributed by atoms with Crippen LogP contribution in [0.25, 0.3) is 6.08 Å². The van der Waals surface area contributed by atoms with Crippen molar-refractivity contribution < 1.29 is 28.2 Å².